The van der Waals surface area contributed by atoms with Gasteiger partial charge in [-0.2, -0.15) is 0 Å². The Balaban J connectivity index is 1.37. The maximum Gasteiger partial charge on any atom is 0.263 e. The van der Waals surface area contributed by atoms with E-state index in [4.69, 9.17) is 11.6 Å². The Kier molecular flexibility index (Phi) is 4.41. The second-order valence-corrected chi connectivity index (χ2v) is 8.99. The van der Waals surface area contributed by atoms with E-state index >= 15 is 0 Å². The summed E-state index contributed by atoms with van der Waals surface area (Å²) < 4.78 is 0.739. The molecule has 0 aliphatic carbocycles. The Hall–Kier alpha value is -0.950. The lowest BCUT2D eigenvalue weighted by molar-refractivity contribution is 0.0497. The second kappa shape index (κ2) is 6.51. The fourth-order valence-electron chi connectivity index (χ4n) is 3.55. The lowest BCUT2D eigenvalue weighted by Crippen LogP contribution is -2.50. The minimum atomic E-state index is -0.00662. The van der Waals surface area contributed by atoms with Crippen LogP contribution in [0, 0.1) is 11.8 Å². The fourth-order valence-corrected chi connectivity index (χ4v) is 5.49. The first kappa shape index (κ1) is 15.6. The van der Waals surface area contributed by atoms with E-state index in [1.807, 2.05) is 12.1 Å². The summed E-state index contributed by atoms with van der Waals surface area (Å²) in [5.41, 5.74) is 0. The molecule has 3 aliphatic heterocycles. The largest absolute Gasteiger partial charge is 0.351 e. The third kappa shape index (κ3) is 3.31. The summed E-state index contributed by atoms with van der Waals surface area (Å²) in [6.45, 7) is 4.37. The molecule has 23 heavy (non-hydrogen) atoms. The summed E-state index contributed by atoms with van der Waals surface area (Å²) in [6.07, 6.45) is 4.23. The third-order valence-corrected chi connectivity index (χ3v) is 7.23. The van der Waals surface area contributed by atoms with Crippen molar-refractivity contribution in [2.45, 2.75) is 12.8 Å². The van der Waals surface area contributed by atoms with E-state index in [2.05, 4.69) is 15.2 Å². The number of halogens is 1. The molecule has 0 spiro atoms. The molecular weight excluding hydrogens is 350 g/mol. The summed E-state index contributed by atoms with van der Waals surface area (Å²) in [7, 11) is 0. The zero-order chi connectivity index (χ0) is 15.8. The van der Waals surface area contributed by atoms with Crippen molar-refractivity contribution < 1.29 is 4.79 Å². The third-order valence-electron chi connectivity index (χ3n) is 4.83. The standard InChI is InChI=1S/C16H18ClN3OS2/c17-14-2-1-12(22-14)16-19-8-13(23-16)15(21)18-7-11-9-20-5-3-10(11)4-6-20/h1-2,8,10-11H,3-7,9H2,(H,18,21). The van der Waals surface area contributed by atoms with E-state index in [9.17, 15) is 4.79 Å². The average molecular weight is 368 g/mol. The highest BCUT2D eigenvalue weighted by atomic mass is 35.5. The van der Waals surface area contributed by atoms with Crippen molar-refractivity contribution in [1.82, 2.24) is 15.2 Å². The van der Waals surface area contributed by atoms with Crippen LogP contribution in [-0.4, -0.2) is 42.0 Å². The first-order chi connectivity index (χ1) is 11.2. The molecule has 5 heterocycles. The van der Waals surface area contributed by atoms with Crippen LogP contribution in [0.1, 0.15) is 22.5 Å². The van der Waals surface area contributed by atoms with Gasteiger partial charge in [-0.1, -0.05) is 11.6 Å². The minimum absolute atomic E-state index is 0.00662. The summed E-state index contributed by atoms with van der Waals surface area (Å²) in [6, 6.07) is 3.80. The van der Waals surface area contributed by atoms with Crippen LogP contribution in [0.2, 0.25) is 4.34 Å². The predicted molar refractivity (Wildman–Crippen MR) is 95.4 cm³/mol. The van der Waals surface area contributed by atoms with Crippen LogP contribution in [0.3, 0.4) is 0 Å². The Morgan fingerprint density at radius 3 is 2.83 bits per heavy atom. The lowest BCUT2D eigenvalue weighted by atomic mass is 9.79. The van der Waals surface area contributed by atoms with E-state index in [0.717, 1.165) is 33.2 Å². The van der Waals surface area contributed by atoms with Crippen molar-refractivity contribution in [3.05, 3.63) is 27.5 Å². The van der Waals surface area contributed by atoms with Crippen LogP contribution in [0.25, 0.3) is 9.88 Å². The number of carbonyl (C=O) groups excluding carboxylic acids is 1. The van der Waals surface area contributed by atoms with Gasteiger partial charge < -0.3 is 10.2 Å². The molecule has 2 aromatic heterocycles. The van der Waals surface area contributed by atoms with E-state index < -0.39 is 0 Å². The number of nitrogens with one attached hydrogen (secondary N) is 1. The van der Waals surface area contributed by atoms with Gasteiger partial charge in [0.1, 0.15) is 9.88 Å². The molecule has 0 saturated carbocycles. The molecule has 122 valence electrons. The molecule has 3 aliphatic rings. The summed E-state index contributed by atoms with van der Waals surface area (Å²) in [4.78, 5) is 20.9. The SMILES string of the molecule is O=C(NCC1CN2CCC1CC2)c1cnc(-c2ccc(Cl)s2)s1. The number of hydrogen-bond donors (Lipinski definition) is 1. The molecule has 5 rings (SSSR count). The molecule has 1 N–H and O–H groups in total. The molecule has 1 unspecified atom stereocenters. The van der Waals surface area contributed by atoms with Crippen LogP contribution in [0.5, 0.6) is 0 Å². The smallest absolute Gasteiger partial charge is 0.263 e. The zero-order valence-electron chi connectivity index (χ0n) is 12.6. The maximum absolute atomic E-state index is 12.4. The monoisotopic (exact) mass is 367 g/mol. The molecule has 0 radical (unpaired) electrons. The lowest BCUT2D eigenvalue weighted by Gasteiger charge is -2.44. The van der Waals surface area contributed by atoms with Crippen LogP contribution < -0.4 is 5.32 Å². The van der Waals surface area contributed by atoms with Crippen LogP contribution in [0.15, 0.2) is 18.3 Å². The number of hydrogen-bond acceptors (Lipinski definition) is 5. The molecular formula is C16H18ClN3OS2. The highest BCUT2D eigenvalue weighted by molar-refractivity contribution is 7.24. The summed E-state index contributed by atoms with van der Waals surface area (Å²) in [5, 5.41) is 3.96. The van der Waals surface area contributed by atoms with E-state index in [1.54, 1.807) is 6.20 Å². The Morgan fingerprint density at radius 1 is 1.35 bits per heavy atom. The molecule has 3 saturated heterocycles. The Labute approximate surface area is 148 Å². The van der Waals surface area contributed by atoms with Gasteiger partial charge in [-0.15, -0.1) is 22.7 Å². The number of piperidine rings is 3. The first-order valence-electron chi connectivity index (χ1n) is 7.91. The van der Waals surface area contributed by atoms with Gasteiger partial charge in [0.15, 0.2) is 0 Å². The van der Waals surface area contributed by atoms with Gasteiger partial charge in [0.25, 0.3) is 5.91 Å². The summed E-state index contributed by atoms with van der Waals surface area (Å²) >= 11 is 8.87. The van der Waals surface area contributed by atoms with Gasteiger partial charge >= 0.3 is 0 Å². The van der Waals surface area contributed by atoms with Crippen molar-refractivity contribution in [2.75, 3.05) is 26.2 Å². The van der Waals surface area contributed by atoms with E-state index in [-0.39, 0.29) is 5.91 Å². The molecule has 3 fully saturated rings. The number of aromatic nitrogens is 1. The molecule has 7 heteroatoms. The number of fused-ring (bicyclic) bond motifs is 3. The number of rotatable bonds is 4. The maximum atomic E-state index is 12.4. The molecule has 1 atom stereocenters. The Bertz CT molecular complexity index is 706. The molecule has 0 aromatic carbocycles. The van der Waals surface area contributed by atoms with Crippen molar-refractivity contribution >= 4 is 40.2 Å². The van der Waals surface area contributed by atoms with Gasteiger partial charge in [-0.25, -0.2) is 4.98 Å². The number of thiophene rings is 1. The van der Waals surface area contributed by atoms with Gasteiger partial charge in [-0.05, 0) is 49.9 Å². The molecule has 2 aromatic rings. The van der Waals surface area contributed by atoms with Gasteiger partial charge in [0, 0.05) is 13.1 Å². The number of amides is 1. The van der Waals surface area contributed by atoms with Gasteiger partial charge in [-0.3, -0.25) is 4.79 Å². The van der Waals surface area contributed by atoms with Crippen LogP contribution >= 0.6 is 34.3 Å². The normalized spacial score (nSPS) is 26.4. The highest BCUT2D eigenvalue weighted by Gasteiger charge is 2.34. The highest BCUT2D eigenvalue weighted by Crippen LogP contribution is 2.34. The van der Waals surface area contributed by atoms with Crippen molar-refractivity contribution in [3.63, 3.8) is 0 Å². The Morgan fingerprint density at radius 2 is 2.17 bits per heavy atom. The van der Waals surface area contributed by atoms with E-state index in [0.29, 0.717) is 10.8 Å². The fraction of sp³-hybridized carbons (Fsp3) is 0.500. The van der Waals surface area contributed by atoms with E-state index in [1.165, 1.54) is 48.6 Å². The second-order valence-electron chi connectivity index (χ2n) is 6.24. The van der Waals surface area contributed by atoms with Gasteiger partial charge in [0.2, 0.25) is 0 Å². The average Bonchev–Trinajstić information content (AvgIpc) is 3.22. The topological polar surface area (TPSA) is 45.2 Å². The molecule has 4 nitrogen and oxygen atoms in total. The van der Waals surface area contributed by atoms with Crippen LogP contribution in [0.4, 0.5) is 0 Å². The van der Waals surface area contributed by atoms with Crippen LogP contribution in [-0.2, 0) is 0 Å². The van der Waals surface area contributed by atoms with Crippen molar-refractivity contribution in [3.8, 4) is 9.88 Å². The number of carbonyl (C=O) groups is 1. The molecule has 1 amide bonds. The number of thiazole rings is 1. The number of nitrogens with zero attached hydrogens (tertiary/aromatic N) is 2. The van der Waals surface area contributed by atoms with Crippen molar-refractivity contribution in [2.24, 2.45) is 11.8 Å². The quantitative estimate of drug-likeness (QED) is 0.898. The summed E-state index contributed by atoms with van der Waals surface area (Å²) in [5.74, 6) is 1.38. The van der Waals surface area contributed by atoms with Crippen molar-refractivity contribution in [1.29, 1.82) is 0 Å². The predicted octanol–water partition coefficient (Wildman–Crippen LogP) is 3.60. The minimum Gasteiger partial charge on any atom is -0.351 e. The first-order valence-corrected chi connectivity index (χ1v) is 9.92. The van der Waals surface area contributed by atoms with Gasteiger partial charge in [0.05, 0.1) is 15.4 Å². The molecule has 2 bridgehead atoms. The zero-order valence-corrected chi connectivity index (χ0v) is 15.0.